The average molecular weight is 165 g/mol. The summed E-state index contributed by atoms with van der Waals surface area (Å²) in [5, 5.41) is 0. The van der Waals surface area contributed by atoms with Crippen LogP contribution < -0.4 is 5.90 Å². The third kappa shape index (κ3) is 2.64. The minimum absolute atomic E-state index is 0.589. The van der Waals surface area contributed by atoms with Crippen molar-refractivity contribution in [3.63, 3.8) is 0 Å². The van der Waals surface area contributed by atoms with Gasteiger partial charge in [0.05, 0.1) is 6.61 Å². The van der Waals surface area contributed by atoms with Crippen LogP contribution in [0.15, 0.2) is 24.3 Å². The van der Waals surface area contributed by atoms with Crippen LogP contribution in [0.1, 0.15) is 18.1 Å². The highest BCUT2D eigenvalue weighted by atomic mass is 16.6. The minimum Gasteiger partial charge on any atom is -0.304 e. The molecular weight excluding hydrogens is 150 g/mol. The third-order valence-corrected chi connectivity index (χ3v) is 1.94. The van der Waals surface area contributed by atoms with Gasteiger partial charge in [0.1, 0.15) is 0 Å². The first-order valence-electron chi connectivity index (χ1n) is 4.26. The van der Waals surface area contributed by atoms with Crippen molar-refractivity contribution < 1.29 is 4.84 Å². The van der Waals surface area contributed by atoms with Gasteiger partial charge in [-0.15, -0.1) is 0 Å². The van der Waals surface area contributed by atoms with Crippen molar-refractivity contribution in [2.45, 2.75) is 19.8 Å². The number of nitrogens with two attached hydrogens (primary N) is 1. The van der Waals surface area contributed by atoms with Crippen LogP contribution in [0.2, 0.25) is 0 Å². The summed E-state index contributed by atoms with van der Waals surface area (Å²) in [7, 11) is 0. The van der Waals surface area contributed by atoms with Gasteiger partial charge in [-0.05, 0) is 24.0 Å². The fourth-order valence-corrected chi connectivity index (χ4v) is 1.12. The molecule has 0 heterocycles. The highest BCUT2D eigenvalue weighted by Crippen LogP contribution is 2.05. The molecule has 2 heteroatoms. The highest BCUT2D eigenvalue weighted by molar-refractivity contribution is 5.22. The smallest absolute Gasteiger partial charge is 0.0719 e. The lowest BCUT2D eigenvalue weighted by molar-refractivity contribution is 0.141. The van der Waals surface area contributed by atoms with E-state index >= 15 is 0 Å². The lowest BCUT2D eigenvalue weighted by atomic mass is 10.1. The molecule has 0 radical (unpaired) electrons. The molecule has 0 saturated carbocycles. The van der Waals surface area contributed by atoms with E-state index in [-0.39, 0.29) is 0 Å². The van der Waals surface area contributed by atoms with Crippen LogP contribution in [0.25, 0.3) is 0 Å². The van der Waals surface area contributed by atoms with Crippen molar-refractivity contribution in [2.24, 2.45) is 5.90 Å². The van der Waals surface area contributed by atoms with Crippen molar-refractivity contribution in [2.75, 3.05) is 6.61 Å². The SMILES string of the molecule is CCc1ccc(CCON)cc1. The number of rotatable bonds is 4. The summed E-state index contributed by atoms with van der Waals surface area (Å²) in [5.74, 6) is 4.93. The molecule has 2 N–H and O–H groups in total. The lowest BCUT2D eigenvalue weighted by Crippen LogP contribution is -2.03. The van der Waals surface area contributed by atoms with E-state index in [0.717, 1.165) is 12.8 Å². The Labute approximate surface area is 73.3 Å². The molecule has 2 nitrogen and oxygen atoms in total. The average Bonchev–Trinajstić information content (AvgIpc) is 2.15. The Balaban J connectivity index is 2.53. The molecule has 0 unspecified atom stereocenters. The quantitative estimate of drug-likeness (QED) is 0.689. The van der Waals surface area contributed by atoms with Gasteiger partial charge in [-0.3, -0.25) is 0 Å². The fraction of sp³-hybridized carbons (Fsp3) is 0.400. The van der Waals surface area contributed by atoms with Crippen molar-refractivity contribution in [3.8, 4) is 0 Å². The Hall–Kier alpha value is -0.860. The van der Waals surface area contributed by atoms with Crippen LogP contribution in [0.3, 0.4) is 0 Å². The van der Waals surface area contributed by atoms with Gasteiger partial charge >= 0.3 is 0 Å². The second-order valence-electron chi connectivity index (χ2n) is 2.79. The molecule has 0 saturated heterocycles. The normalized spacial score (nSPS) is 10.2. The van der Waals surface area contributed by atoms with Gasteiger partial charge in [0, 0.05) is 0 Å². The first-order chi connectivity index (χ1) is 5.86. The fourth-order valence-electron chi connectivity index (χ4n) is 1.12. The van der Waals surface area contributed by atoms with E-state index in [4.69, 9.17) is 5.90 Å². The second kappa shape index (κ2) is 4.91. The van der Waals surface area contributed by atoms with Crippen LogP contribution >= 0.6 is 0 Å². The molecule has 66 valence electrons. The van der Waals surface area contributed by atoms with Crippen molar-refractivity contribution in [1.82, 2.24) is 0 Å². The molecule has 0 aromatic heterocycles. The number of hydrogen-bond donors (Lipinski definition) is 1. The molecule has 0 amide bonds. The maximum absolute atomic E-state index is 4.93. The topological polar surface area (TPSA) is 35.2 Å². The van der Waals surface area contributed by atoms with E-state index in [2.05, 4.69) is 36.0 Å². The summed E-state index contributed by atoms with van der Waals surface area (Å²) >= 11 is 0. The summed E-state index contributed by atoms with van der Waals surface area (Å²) in [5.41, 5.74) is 2.64. The summed E-state index contributed by atoms with van der Waals surface area (Å²) in [6, 6.07) is 8.54. The van der Waals surface area contributed by atoms with E-state index < -0.39 is 0 Å². The number of benzene rings is 1. The van der Waals surface area contributed by atoms with Gasteiger partial charge in [-0.1, -0.05) is 31.2 Å². The molecule has 1 rings (SSSR count). The number of hydrogen-bond acceptors (Lipinski definition) is 2. The molecule has 1 aromatic carbocycles. The summed E-state index contributed by atoms with van der Waals surface area (Å²) in [4.78, 5) is 4.50. The first kappa shape index (κ1) is 9.23. The predicted octanol–water partition coefficient (Wildman–Crippen LogP) is 1.68. The minimum atomic E-state index is 0.589. The van der Waals surface area contributed by atoms with Gasteiger partial charge in [0.2, 0.25) is 0 Å². The lowest BCUT2D eigenvalue weighted by Gasteiger charge is -2.00. The van der Waals surface area contributed by atoms with E-state index in [1.54, 1.807) is 0 Å². The standard InChI is InChI=1S/C10H15NO/c1-2-9-3-5-10(6-4-9)7-8-12-11/h3-6H,2,7-8,11H2,1H3. The van der Waals surface area contributed by atoms with E-state index in [1.165, 1.54) is 11.1 Å². The molecule has 1 aromatic rings. The first-order valence-corrected chi connectivity index (χ1v) is 4.26. The molecule has 0 atom stereocenters. The molecule has 0 aliphatic heterocycles. The van der Waals surface area contributed by atoms with Crippen LogP contribution in [-0.4, -0.2) is 6.61 Å². The molecule has 0 spiro atoms. The van der Waals surface area contributed by atoms with Crippen molar-refractivity contribution in [1.29, 1.82) is 0 Å². The summed E-state index contributed by atoms with van der Waals surface area (Å²) in [6.45, 7) is 2.74. The zero-order chi connectivity index (χ0) is 8.81. The van der Waals surface area contributed by atoms with E-state index in [1.807, 2.05) is 0 Å². The maximum atomic E-state index is 4.93. The molecular formula is C10H15NO. The Morgan fingerprint density at radius 2 is 1.75 bits per heavy atom. The Morgan fingerprint density at radius 1 is 1.17 bits per heavy atom. The molecule has 0 aliphatic carbocycles. The second-order valence-corrected chi connectivity index (χ2v) is 2.79. The van der Waals surface area contributed by atoms with Crippen LogP contribution in [0.4, 0.5) is 0 Å². The van der Waals surface area contributed by atoms with Crippen LogP contribution in [-0.2, 0) is 17.7 Å². The highest BCUT2D eigenvalue weighted by Gasteiger charge is 1.92. The zero-order valence-electron chi connectivity index (χ0n) is 7.42. The van der Waals surface area contributed by atoms with E-state index in [9.17, 15) is 0 Å². The van der Waals surface area contributed by atoms with Crippen molar-refractivity contribution in [3.05, 3.63) is 35.4 Å². The van der Waals surface area contributed by atoms with Gasteiger partial charge < -0.3 is 4.84 Å². The Kier molecular flexibility index (Phi) is 3.77. The molecule has 0 fully saturated rings. The van der Waals surface area contributed by atoms with Gasteiger partial charge in [0.15, 0.2) is 0 Å². The predicted molar refractivity (Wildman–Crippen MR) is 49.7 cm³/mol. The zero-order valence-corrected chi connectivity index (χ0v) is 7.42. The monoisotopic (exact) mass is 165 g/mol. The van der Waals surface area contributed by atoms with Gasteiger partial charge in [-0.25, -0.2) is 5.90 Å². The molecule has 0 aliphatic rings. The Bertz CT molecular complexity index is 218. The third-order valence-electron chi connectivity index (χ3n) is 1.94. The Morgan fingerprint density at radius 3 is 2.25 bits per heavy atom. The van der Waals surface area contributed by atoms with E-state index in [0.29, 0.717) is 6.61 Å². The van der Waals surface area contributed by atoms with Gasteiger partial charge in [-0.2, -0.15) is 0 Å². The summed E-state index contributed by atoms with van der Waals surface area (Å²) < 4.78 is 0. The number of aryl methyl sites for hydroxylation is 1. The summed E-state index contributed by atoms with van der Waals surface area (Å²) in [6.07, 6.45) is 1.98. The van der Waals surface area contributed by atoms with Crippen LogP contribution in [0.5, 0.6) is 0 Å². The molecule has 0 bridgehead atoms. The van der Waals surface area contributed by atoms with Crippen LogP contribution in [0, 0.1) is 0 Å². The van der Waals surface area contributed by atoms with Crippen molar-refractivity contribution >= 4 is 0 Å². The van der Waals surface area contributed by atoms with Gasteiger partial charge in [0.25, 0.3) is 0 Å². The largest absolute Gasteiger partial charge is 0.304 e. The maximum Gasteiger partial charge on any atom is 0.0719 e. The molecule has 12 heavy (non-hydrogen) atoms.